The van der Waals surface area contributed by atoms with Crippen molar-refractivity contribution in [2.75, 3.05) is 4.90 Å². The molecule has 8 aromatic carbocycles. The minimum absolute atomic E-state index is 0.152. The predicted octanol–water partition coefficient (Wildman–Crippen LogP) is 14.8. The fourth-order valence-corrected chi connectivity index (χ4v) is 9.51. The summed E-state index contributed by atoms with van der Waals surface area (Å²) >= 11 is 1.88. The lowest BCUT2D eigenvalue weighted by atomic mass is 9.82. The summed E-state index contributed by atoms with van der Waals surface area (Å²) in [4.78, 5) is 2.40. The second-order valence-electron chi connectivity index (χ2n) is 14.6. The van der Waals surface area contributed by atoms with Gasteiger partial charge in [0.15, 0.2) is 0 Å². The first-order valence-corrected chi connectivity index (χ1v) is 19.2. The van der Waals surface area contributed by atoms with Crippen molar-refractivity contribution in [1.82, 2.24) is 0 Å². The molecule has 0 amide bonds. The minimum atomic E-state index is -0.152. The summed E-state index contributed by atoms with van der Waals surface area (Å²) in [6, 6.07) is 69.0. The van der Waals surface area contributed by atoms with Crippen molar-refractivity contribution in [2.24, 2.45) is 0 Å². The average molecular weight is 696 g/mol. The van der Waals surface area contributed by atoms with Crippen molar-refractivity contribution in [3.63, 3.8) is 0 Å². The molecule has 1 aliphatic rings. The first-order valence-electron chi connectivity index (χ1n) is 18.3. The van der Waals surface area contributed by atoms with Gasteiger partial charge in [0.1, 0.15) is 0 Å². The van der Waals surface area contributed by atoms with Crippen LogP contribution in [0.3, 0.4) is 0 Å². The van der Waals surface area contributed by atoms with Crippen molar-refractivity contribution in [2.45, 2.75) is 19.3 Å². The van der Waals surface area contributed by atoms with E-state index >= 15 is 0 Å². The first-order chi connectivity index (χ1) is 26.0. The monoisotopic (exact) mass is 695 g/mol. The lowest BCUT2D eigenvalue weighted by Crippen LogP contribution is -2.16. The molecule has 0 fully saturated rings. The lowest BCUT2D eigenvalue weighted by Gasteiger charge is -2.28. The molecule has 10 rings (SSSR count). The number of fused-ring (bicyclic) bond motifs is 6. The van der Waals surface area contributed by atoms with E-state index in [1.807, 2.05) is 11.3 Å². The lowest BCUT2D eigenvalue weighted by molar-refractivity contribution is 0.660. The van der Waals surface area contributed by atoms with Crippen molar-refractivity contribution >= 4 is 48.6 Å². The third-order valence-electron chi connectivity index (χ3n) is 11.1. The first kappa shape index (κ1) is 31.5. The van der Waals surface area contributed by atoms with Gasteiger partial charge in [0.05, 0.1) is 0 Å². The SMILES string of the molecule is CC1(C)c2ccc(-c3cccc4sc5ccccc5c34)cc2-c2ccc(N(c3ccc(-c4ccccc4)cc3)c3ccc(-c4ccccc4)cc3)cc21. The highest BCUT2D eigenvalue weighted by atomic mass is 32.1. The maximum Gasteiger partial charge on any atom is 0.0465 e. The summed E-state index contributed by atoms with van der Waals surface area (Å²) in [6.07, 6.45) is 0. The highest BCUT2D eigenvalue weighted by Gasteiger charge is 2.36. The van der Waals surface area contributed by atoms with E-state index in [0.29, 0.717) is 0 Å². The number of anilines is 3. The largest absolute Gasteiger partial charge is 0.310 e. The standard InChI is InChI=1S/C51H37NS/c1-51(2)46-31-24-38(42-17-11-19-49-50(42)44-16-9-10-18-48(44)53-49)32-45(46)43-30-29-41(33-47(43)51)52(39-25-20-36(21-26-39)34-12-5-3-6-13-34)40-27-22-37(23-28-40)35-14-7-4-8-15-35/h3-33H,1-2H3. The Morgan fingerprint density at radius 1 is 0.377 bits per heavy atom. The Morgan fingerprint density at radius 3 is 1.58 bits per heavy atom. The van der Waals surface area contributed by atoms with Crippen LogP contribution >= 0.6 is 11.3 Å². The van der Waals surface area contributed by atoms with Gasteiger partial charge in [-0.15, -0.1) is 11.3 Å². The van der Waals surface area contributed by atoms with Crippen LogP contribution in [0.4, 0.5) is 17.1 Å². The van der Waals surface area contributed by atoms with Crippen LogP contribution in [0.2, 0.25) is 0 Å². The topological polar surface area (TPSA) is 3.24 Å². The molecule has 0 atom stereocenters. The molecule has 1 heterocycles. The summed E-state index contributed by atoms with van der Waals surface area (Å²) in [5.41, 5.74) is 16.1. The van der Waals surface area contributed by atoms with Crippen LogP contribution < -0.4 is 4.90 Å². The maximum absolute atomic E-state index is 2.44. The van der Waals surface area contributed by atoms with Gasteiger partial charge in [-0.3, -0.25) is 0 Å². The number of thiophene rings is 1. The Labute approximate surface area is 315 Å². The molecule has 9 aromatic rings. The molecule has 53 heavy (non-hydrogen) atoms. The van der Waals surface area contributed by atoms with E-state index in [0.717, 1.165) is 17.1 Å². The molecular weight excluding hydrogens is 659 g/mol. The fourth-order valence-electron chi connectivity index (χ4n) is 8.38. The molecule has 0 spiro atoms. The van der Waals surface area contributed by atoms with E-state index < -0.39 is 0 Å². The van der Waals surface area contributed by atoms with Gasteiger partial charge in [-0.1, -0.05) is 147 Å². The Morgan fingerprint density at radius 2 is 0.925 bits per heavy atom. The Balaban J connectivity index is 1.08. The van der Waals surface area contributed by atoms with Crippen LogP contribution in [0.25, 0.3) is 64.7 Å². The molecule has 0 bridgehead atoms. The summed E-state index contributed by atoms with van der Waals surface area (Å²) in [5, 5.41) is 2.69. The third kappa shape index (κ3) is 5.29. The van der Waals surface area contributed by atoms with E-state index in [9.17, 15) is 0 Å². The van der Waals surface area contributed by atoms with Gasteiger partial charge in [0.2, 0.25) is 0 Å². The Kier molecular flexibility index (Phi) is 7.42. The highest BCUT2D eigenvalue weighted by Crippen LogP contribution is 2.52. The van der Waals surface area contributed by atoms with Crippen LogP contribution in [0.5, 0.6) is 0 Å². The summed E-state index contributed by atoms with van der Waals surface area (Å²) in [7, 11) is 0. The van der Waals surface area contributed by atoms with Gasteiger partial charge in [-0.25, -0.2) is 0 Å². The molecule has 0 N–H and O–H groups in total. The predicted molar refractivity (Wildman–Crippen MR) is 228 cm³/mol. The van der Waals surface area contributed by atoms with Crippen LogP contribution in [-0.2, 0) is 5.41 Å². The fraction of sp³-hybridized carbons (Fsp3) is 0.0588. The summed E-state index contributed by atoms with van der Waals surface area (Å²) in [6.45, 7) is 4.75. The molecular formula is C51H37NS. The number of hydrogen-bond acceptors (Lipinski definition) is 2. The van der Waals surface area contributed by atoms with Crippen molar-refractivity contribution in [3.05, 3.63) is 199 Å². The van der Waals surface area contributed by atoms with E-state index in [-0.39, 0.29) is 5.41 Å². The van der Waals surface area contributed by atoms with Gasteiger partial charge < -0.3 is 4.90 Å². The molecule has 0 saturated heterocycles. The van der Waals surface area contributed by atoms with Gasteiger partial charge in [0, 0.05) is 42.6 Å². The molecule has 0 aliphatic heterocycles. The number of rotatable bonds is 6. The zero-order chi connectivity index (χ0) is 35.5. The second-order valence-corrected chi connectivity index (χ2v) is 15.6. The smallest absolute Gasteiger partial charge is 0.0465 e. The van der Waals surface area contributed by atoms with E-state index in [4.69, 9.17) is 0 Å². The molecule has 0 unspecified atom stereocenters. The van der Waals surface area contributed by atoms with Crippen molar-refractivity contribution in [3.8, 4) is 44.5 Å². The molecule has 0 radical (unpaired) electrons. The zero-order valence-electron chi connectivity index (χ0n) is 29.8. The van der Waals surface area contributed by atoms with E-state index in [2.05, 4.69) is 207 Å². The molecule has 2 heteroatoms. The minimum Gasteiger partial charge on any atom is -0.310 e. The van der Waals surface area contributed by atoms with Crippen molar-refractivity contribution in [1.29, 1.82) is 0 Å². The summed E-state index contributed by atoms with van der Waals surface area (Å²) < 4.78 is 2.67. The van der Waals surface area contributed by atoms with E-state index in [1.54, 1.807) is 0 Å². The van der Waals surface area contributed by atoms with Gasteiger partial charge in [-0.05, 0) is 110 Å². The number of benzene rings is 8. The number of hydrogen-bond donors (Lipinski definition) is 0. The normalized spacial score (nSPS) is 12.9. The Hall–Kier alpha value is -6.22. The number of nitrogens with zero attached hydrogens (tertiary/aromatic N) is 1. The molecule has 1 nitrogen and oxygen atoms in total. The molecule has 1 aliphatic carbocycles. The maximum atomic E-state index is 2.44. The van der Waals surface area contributed by atoms with Crippen molar-refractivity contribution < 1.29 is 0 Å². The highest BCUT2D eigenvalue weighted by molar-refractivity contribution is 7.25. The van der Waals surface area contributed by atoms with Gasteiger partial charge in [0.25, 0.3) is 0 Å². The Bertz CT molecular complexity index is 2690. The van der Waals surface area contributed by atoms with E-state index in [1.165, 1.54) is 75.8 Å². The second kappa shape index (κ2) is 12.5. The van der Waals surface area contributed by atoms with Gasteiger partial charge >= 0.3 is 0 Å². The zero-order valence-corrected chi connectivity index (χ0v) is 30.6. The molecule has 252 valence electrons. The molecule has 1 aromatic heterocycles. The average Bonchev–Trinajstić information content (AvgIpc) is 3.71. The van der Waals surface area contributed by atoms with Crippen LogP contribution in [0, 0.1) is 0 Å². The van der Waals surface area contributed by atoms with Crippen LogP contribution in [-0.4, -0.2) is 0 Å². The van der Waals surface area contributed by atoms with Crippen LogP contribution in [0.1, 0.15) is 25.0 Å². The quantitative estimate of drug-likeness (QED) is 0.167. The third-order valence-corrected chi connectivity index (χ3v) is 12.2. The summed E-state index contributed by atoms with van der Waals surface area (Å²) in [5.74, 6) is 0. The van der Waals surface area contributed by atoms with Crippen LogP contribution in [0.15, 0.2) is 188 Å². The molecule has 0 saturated carbocycles. The van der Waals surface area contributed by atoms with Gasteiger partial charge in [-0.2, -0.15) is 0 Å².